The van der Waals surface area contributed by atoms with Gasteiger partial charge in [0.15, 0.2) is 0 Å². The molecule has 0 aliphatic carbocycles. The number of nitrogens with zero attached hydrogens (tertiary/aromatic N) is 1. The summed E-state index contributed by atoms with van der Waals surface area (Å²) in [6, 6.07) is -1.30. The van der Waals surface area contributed by atoms with E-state index < -0.39 is 23.8 Å². The van der Waals surface area contributed by atoms with Gasteiger partial charge in [-0.1, -0.05) is 59.7 Å². The molecule has 2 rings (SSSR count). The van der Waals surface area contributed by atoms with E-state index in [9.17, 15) is 19.5 Å². The number of aliphatic carboxylic acids is 1. The number of fused-ring (bicyclic) bond motifs is 1. The Labute approximate surface area is 145 Å². The Kier molecular flexibility index (Phi) is 4.92. The maximum atomic E-state index is 12.5. The number of carbonyl (C=O) groups excluding carboxylic acids is 2. The molecular formula is C13H9Cl4NO4. The van der Waals surface area contributed by atoms with Crippen molar-refractivity contribution in [1.82, 2.24) is 4.90 Å². The van der Waals surface area contributed by atoms with Gasteiger partial charge in [-0.2, -0.15) is 0 Å². The summed E-state index contributed by atoms with van der Waals surface area (Å²) in [5.74, 6) is -2.97. The molecule has 0 saturated heterocycles. The van der Waals surface area contributed by atoms with Crippen molar-refractivity contribution in [3.8, 4) is 0 Å². The Morgan fingerprint density at radius 1 is 1.00 bits per heavy atom. The van der Waals surface area contributed by atoms with Gasteiger partial charge in [0.1, 0.15) is 6.04 Å². The van der Waals surface area contributed by atoms with Crippen LogP contribution in [-0.2, 0) is 4.79 Å². The molecular weight excluding hydrogens is 376 g/mol. The molecule has 0 radical (unpaired) electrons. The first kappa shape index (κ1) is 17.3. The Bertz CT molecular complexity index is 657. The molecule has 0 bridgehead atoms. The number of hydrogen-bond donors (Lipinski definition) is 1. The fourth-order valence-electron chi connectivity index (χ4n) is 2.29. The summed E-state index contributed by atoms with van der Waals surface area (Å²) in [4.78, 5) is 36.9. The molecule has 0 aromatic heterocycles. The molecule has 0 spiro atoms. The minimum absolute atomic E-state index is 0.109. The zero-order chi connectivity index (χ0) is 16.8. The fourth-order valence-corrected chi connectivity index (χ4v) is 3.30. The summed E-state index contributed by atoms with van der Waals surface area (Å²) in [6.07, 6.45) is 0.574. The van der Waals surface area contributed by atoms with E-state index in [2.05, 4.69) is 0 Å². The molecule has 0 fully saturated rings. The van der Waals surface area contributed by atoms with E-state index in [1.165, 1.54) is 0 Å². The van der Waals surface area contributed by atoms with Crippen molar-refractivity contribution >= 4 is 64.2 Å². The highest BCUT2D eigenvalue weighted by Crippen LogP contribution is 2.45. The quantitative estimate of drug-likeness (QED) is 0.480. The van der Waals surface area contributed by atoms with E-state index in [1.54, 1.807) is 6.92 Å². The van der Waals surface area contributed by atoms with E-state index in [0.717, 1.165) is 0 Å². The largest absolute Gasteiger partial charge is 0.480 e. The molecule has 1 aromatic carbocycles. The van der Waals surface area contributed by atoms with Crippen LogP contribution in [0.3, 0.4) is 0 Å². The van der Waals surface area contributed by atoms with Gasteiger partial charge in [-0.25, -0.2) is 4.79 Å². The number of benzene rings is 1. The van der Waals surface area contributed by atoms with E-state index in [0.29, 0.717) is 11.3 Å². The van der Waals surface area contributed by atoms with Crippen molar-refractivity contribution < 1.29 is 19.5 Å². The van der Waals surface area contributed by atoms with Gasteiger partial charge >= 0.3 is 5.97 Å². The van der Waals surface area contributed by atoms with E-state index in [1.807, 2.05) is 0 Å². The van der Waals surface area contributed by atoms with Crippen molar-refractivity contribution in [2.45, 2.75) is 25.8 Å². The predicted octanol–water partition coefficient (Wildman–Crippen LogP) is 4.15. The van der Waals surface area contributed by atoms with Crippen LogP contribution in [0.2, 0.25) is 20.1 Å². The van der Waals surface area contributed by atoms with Crippen LogP contribution in [-0.4, -0.2) is 33.8 Å². The second-order valence-corrected chi connectivity index (χ2v) is 6.14. The van der Waals surface area contributed by atoms with E-state index in [4.69, 9.17) is 46.4 Å². The highest BCUT2D eigenvalue weighted by atomic mass is 35.5. The van der Waals surface area contributed by atoms with Crippen LogP contribution in [0.4, 0.5) is 0 Å². The Morgan fingerprint density at radius 3 is 1.73 bits per heavy atom. The zero-order valence-electron chi connectivity index (χ0n) is 11.1. The summed E-state index contributed by atoms with van der Waals surface area (Å²) in [7, 11) is 0. The average Bonchev–Trinajstić information content (AvgIpc) is 2.72. The third-order valence-corrected chi connectivity index (χ3v) is 5.09. The molecule has 0 saturated carbocycles. The number of rotatable bonds is 4. The number of carboxylic acid groups (broad SMARTS) is 1. The summed E-state index contributed by atoms with van der Waals surface area (Å²) in [5.41, 5.74) is -0.429. The topological polar surface area (TPSA) is 74.7 Å². The van der Waals surface area contributed by atoms with Gasteiger partial charge in [-0.15, -0.1) is 0 Å². The lowest BCUT2D eigenvalue weighted by molar-refractivity contribution is -0.141. The summed E-state index contributed by atoms with van der Waals surface area (Å²) >= 11 is 23.7. The lowest BCUT2D eigenvalue weighted by Crippen LogP contribution is -2.44. The molecule has 2 amide bonds. The number of amides is 2. The van der Waals surface area contributed by atoms with Gasteiger partial charge in [0, 0.05) is 0 Å². The van der Waals surface area contributed by atoms with Gasteiger partial charge in [0.05, 0.1) is 31.2 Å². The van der Waals surface area contributed by atoms with Crippen LogP contribution < -0.4 is 0 Å². The number of halogens is 4. The molecule has 1 aromatic rings. The monoisotopic (exact) mass is 383 g/mol. The maximum Gasteiger partial charge on any atom is 0.326 e. The second kappa shape index (κ2) is 6.24. The zero-order valence-corrected chi connectivity index (χ0v) is 14.1. The number of carbonyl (C=O) groups is 3. The van der Waals surface area contributed by atoms with Crippen molar-refractivity contribution in [3.05, 3.63) is 31.2 Å². The summed E-state index contributed by atoms with van der Waals surface area (Å²) < 4.78 is 0. The average molecular weight is 385 g/mol. The lowest BCUT2D eigenvalue weighted by Gasteiger charge is -2.21. The van der Waals surface area contributed by atoms with Crippen molar-refractivity contribution in [2.75, 3.05) is 0 Å². The maximum absolute atomic E-state index is 12.5. The first-order valence-electron chi connectivity index (χ1n) is 6.20. The van der Waals surface area contributed by atoms with Crippen LogP contribution in [0.1, 0.15) is 40.5 Å². The molecule has 0 unspecified atom stereocenters. The molecule has 1 atom stereocenters. The van der Waals surface area contributed by atoms with Gasteiger partial charge in [0.25, 0.3) is 11.8 Å². The molecule has 1 heterocycles. The third-order valence-electron chi connectivity index (χ3n) is 3.29. The Balaban J connectivity index is 2.66. The Hall–Kier alpha value is -1.01. The molecule has 9 heteroatoms. The smallest absolute Gasteiger partial charge is 0.326 e. The lowest BCUT2D eigenvalue weighted by atomic mass is 10.1. The van der Waals surface area contributed by atoms with Crippen LogP contribution in [0.25, 0.3) is 0 Å². The molecule has 1 N–H and O–H groups in total. The Morgan fingerprint density at radius 2 is 1.41 bits per heavy atom. The molecule has 5 nitrogen and oxygen atoms in total. The first-order chi connectivity index (χ1) is 10.2. The van der Waals surface area contributed by atoms with E-state index in [-0.39, 0.29) is 37.6 Å². The second-order valence-electron chi connectivity index (χ2n) is 4.63. The number of imide groups is 1. The predicted molar refractivity (Wildman–Crippen MR) is 83.3 cm³/mol. The number of carboxylic acids is 1. The minimum atomic E-state index is -1.30. The van der Waals surface area contributed by atoms with E-state index >= 15 is 0 Å². The van der Waals surface area contributed by atoms with Crippen molar-refractivity contribution in [2.24, 2.45) is 0 Å². The number of hydrogen-bond acceptors (Lipinski definition) is 3. The van der Waals surface area contributed by atoms with Gasteiger partial charge < -0.3 is 5.11 Å². The van der Waals surface area contributed by atoms with Crippen LogP contribution >= 0.6 is 46.4 Å². The molecule has 1 aliphatic rings. The minimum Gasteiger partial charge on any atom is -0.480 e. The first-order valence-corrected chi connectivity index (χ1v) is 7.71. The summed E-state index contributed by atoms with van der Waals surface area (Å²) in [6.45, 7) is 1.74. The molecule has 118 valence electrons. The highest BCUT2D eigenvalue weighted by molar-refractivity contribution is 6.55. The summed E-state index contributed by atoms with van der Waals surface area (Å²) in [5, 5.41) is 8.52. The SMILES string of the molecule is CCC[C@@H](C(=O)O)N1C(=O)c2c(Cl)c(Cl)c(Cl)c(Cl)c2C1=O. The van der Waals surface area contributed by atoms with Crippen LogP contribution in [0, 0.1) is 0 Å². The molecule has 1 aliphatic heterocycles. The van der Waals surface area contributed by atoms with Gasteiger partial charge in [-0.3, -0.25) is 14.5 Å². The standard InChI is InChI=1S/C13H9Cl4NO4/c1-2-3-4(13(21)22)18-11(19)5-6(12(18)20)8(15)10(17)9(16)7(5)14/h4H,2-3H2,1H3,(H,21,22)/t4-/m0/s1. The van der Waals surface area contributed by atoms with Gasteiger partial charge in [-0.05, 0) is 6.42 Å². The van der Waals surface area contributed by atoms with Crippen LogP contribution in [0.5, 0.6) is 0 Å². The van der Waals surface area contributed by atoms with Crippen molar-refractivity contribution in [1.29, 1.82) is 0 Å². The van der Waals surface area contributed by atoms with Crippen molar-refractivity contribution in [3.63, 3.8) is 0 Å². The highest BCUT2D eigenvalue weighted by Gasteiger charge is 2.46. The third kappa shape index (κ3) is 2.46. The van der Waals surface area contributed by atoms with Gasteiger partial charge in [0.2, 0.25) is 0 Å². The normalized spacial score (nSPS) is 15.2. The molecule has 22 heavy (non-hydrogen) atoms. The van der Waals surface area contributed by atoms with Crippen LogP contribution in [0.15, 0.2) is 0 Å². The fraction of sp³-hybridized carbons (Fsp3) is 0.308.